The number of carboxylic acids is 2. The Bertz CT molecular complexity index is 1120. The molecule has 2 heterocycles. The first kappa shape index (κ1) is 26.3. The molecule has 0 bridgehead atoms. The zero-order valence-corrected chi connectivity index (χ0v) is 18.6. The molecule has 3 atom stereocenters. The van der Waals surface area contributed by atoms with Crippen LogP contribution in [0.3, 0.4) is 0 Å². The van der Waals surface area contributed by atoms with Crippen LogP contribution in [0, 0.1) is 17.2 Å². The molecule has 3 unspecified atom stereocenters. The van der Waals surface area contributed by atoms with Crippen molar-refractivity contribution in [1.29, 1.82) is 5.26 Å². The van der Waals surface area contributed by atoms with Crippen molar-refractivity contribution in [3.63, 3.8) is 0 Å². The Morgan fingerprint density at radius 1 is 1.09 bits per heavy atom. The zero-order valence-electron chi connectivity index (χ0n) is 18.6. The number of rotatable bonds is 5. The molecule has 1 aromatic carbocycles. The van der Waals surface area contributed by atoms with E-state index >= 15 is 0 Å². The van der Waals surface area contributed by atoms with E-state index in [4.69, 9.17) is 10.00 Å². The van der Waals surface area contributed by atoms with Crippen molar-refractivity contribution >= 4 is 17.9 Å². The number of hydrogen-bond donors (Lipinski definition) is 4. The highest BCUT2D eigenvalue weighted by Gasteiger charge is 2.51. The van der Waals surface area contributed by atoms with Crippen LogP contribution in [0.15, 0.2) is 91.6 Å². The maximum Gasteiger partial charge on any atom is 0.335 e. The third-order valence-corrected chi connectivity index (χ3v) is 4.73. The van der Waals surface area contributed by atoms with E-state index in [1.807, 2.05) is 0 Å². The van der Waals surface area contributed by atoms with Crippen LogP contribution in [0.2, 0.25) is 0 Å². The number of aromatic amines is 2. The van der Waals surface area contributed by atoms with Gasteiger partial charge in [0.15, 0.2) is 6.10 Å². The average molecular weight is 477 g/mol. The summed E-state index contributed by atoms with van der Waals surface area (Å²) >= 11 is 0. The van der Waals surface area contributed by atoms with Crippen molar-refractivity contribution in [2.45, 2.75) is 18.4 Å². The van der Waals surface area contributed by atoms with Gasteiger partial charge >= 0.3 is 17.9 Å². The molecule has 1 aliphatic rings. The number of carbonyl (C=O) groups excluding carboxylic acids is 1. The van der Waals surface area contributed by atoms with Gasteiger partial charge < -0.3 is 24.9 Å². The second kappa shape index (κ2) is 12.9. The topological polar surface area (TPSA) is 182 Å². The van der Waals surface area contributed by atoms with Crippen molar-refractivity contribution in [2.24, 2.45) is 5.92 Å². The maximum absolute atomic E-state index is 12.5. The smallest absolute Gasteiger partial charge is 0.335 e. The summed E-state index contributed by atoms with van der Waals surface area (Å²) in [4.78, 5) is 48.8. The van der Waals surface area contributed by atoms with Crippen LogP contribution in [-0.2, 0) is 24.5 Å². The van der Waals surface area contributed by atoms with E-state index in [2.05, 4.69) is 19.9 Å². The molecule has 4 rings (SSSR count). The molecule has 0 spiro atoms. The summed E-state index contributed by atoms with van der Waals surface area (Å²) < 4.78 is 4.97. The summed E-state index contributed by atoms with van der Waals surface area (Å²) in [6.45, 7) is 1.36. The van der Waals surface area contributed by atoms with E-state index in [0.717, 1.165) is 12.2 Å². The van der Waals surface area contributed by atoms with Crippen LogP contribution in [0.25, 0.3) is 0 Å². The third kappa shape index (κ3) is 7.00. The van der Waals surface area contributed by atoms with E-state index in [1.54, 1.807) is 61.7 Å². The van der Waals surface area contributed by atoms with Crippen LogP contribution in [0.1, 0.15) is 12.5 Å². The van der Waals surface area contributed by atoms with Crippen LogP contribution < -0.4 is 0 Å². The maximum atomic E-state index is 12.5. The summed E-state index contributed by atoms with van der Waals surface area (Å²) in [7, 11) is 0. The Morgan fingerprint density at radius 2 is 1.69 bits per heavy atom. The predicted octanol–water partition coefficient (Wildman–Crippen LogP) is 2.48. The number of esters is 1. The molecule has 4 N–H and O–H groups in total. The minimum Gasteiger partial charge on any atom is -0.480 e. The molecule has 35 heavy (non-hydrogen) atoms. The number of imidazole rings is 2. The molecular formula is C24H23N5O6. The van der Waals surface area contributed by atoms with Gasteiger partial charge in [-0.2, -0.15) is 5.26 Å². The molecule has 2 aromatic heterocycles. The standard InChI is InChI=1S/C18H15NO6.2C3H4N2/c1-11(10-19)25-16(22)14-8-7-12(15(20)21)9-18(14,17(23)24)13-5-3-2-4-6-13;2*1-2-5-3-4-1/h2-9,11,14H,1H3,(H,20,21)(H,23,24);2*1-3H,(H,4,5). The van der Waals surface area contributed by atoms with Gasteiger partial charge in [-0.15, -0.1) is 0 Å². The van der Waals surface area contributed by atoms with Gasteiger partial charge in [-0.1, -0.05) is 42.5 Å². The molecule has 0 saturated heterocycles. The number of ether oxygens (including phenoxy) is 1. The number of nitrogens with one attached hydrogen (secondary N) is 2. The lowest BCUT2D eigenvalue weighted by Gasteiger charge is -2.34. The van der Waals surface area contributed by atoms with Crippen molar-refractivity contribution in [2.75, 3.05) is 0 Å². The number of benzene rings is 1. The molecule has 11 heteroatoms. The van der Waals surface area contributed by atoms with Crippen molar-refractivity contribution in [3.05, 3.63) is 97.1 Å². The first-order valence-corrected chi connectivity index (χ1v) is 10.2. The molecule has 180 valence electrons. The van der Waals surface area contributed by atoms with Gasteiger partial charge in [-0.25, -0.2) is 14.8 Å². The number of carboxylic acid groups (broad SMARTS) is 2. The highest BCUT2D eigenvalue weighted by atomic mass is 16.5. The minimum absolute atomic E-state index is 0.233. The SMILES string of the molecule is CC(C#N)OC(=O)C1C=CC(C(=O)O)=CC1(C(=O)O)c1ccccc1.c1c[nH]cn1.c1c[nH]cn1. The number of aromatic nitrogens is 4. The lowest BCUT2D eigenvalue weighted by atomic mass is 9.66. The fourth-order valence-electron chi connectivity index (χ4n) is 3.13. The molecule has 0 radical (unpaired) electrons. The summed E-state index contributed by atoms with van der Waals surface area (Å²) in [5.41, 5.74) is -1.96. The monoisotopic (exact) mass is 477 g/mol. The Morgan fingerprint density at radius 3 is 2.09 bits per heavy atom. The number of carbonyl (C=O) groups is 3. The summed E-state index contributed by atoms with van der Waals surface area (Å²) in [6, 6.07) is 9.58. The largest absolute Gasteiger partial charge is 0.480 e. The van der Waals surface area contributed by atoms with E-state index in [-0.39, 0.29) is 11.1 Å². The summed E-state index contributed by atoms with van der Waals surface area (Å²) in [6.07, 6.45) is 12.5. The first-order chi connectivity index (χ1) is 16.8. The predicted molar refractivity (Wildman–Crippen MR) is 122 cm³/mol. The Kier molecular flexibility index (Phi) is 9.69. The average Bonchev–Trinajstić information content (AvgIpc) is 3.63. The Balaban J connectivity index is 0.000000352. The molecule has 0 aliphatic heterocycles. The lowest BCUT2D eigenvalue weighted by Crippen LogP contribution is -2.47. The minimum atomic E-state index is -1.95. The van der Waals surface area contributed by atoms with E-state index < -0.39 is 35.3 Å². The van der Waals surface area contributed by atoms with Crippen LogP contribution >= 0.6 is 0 Å². The molecule has 0 amide bonds. The first-order valence-electron chi connectivity index (χ1n) is 10.2. The van der Waals surface area contributed by atoms with Crippen molar-refractivity contribution in [1.82, 2.24) is 19.9 Å². The van der Waals surface area contributed by atoms with Gasteiger partial charge in [0.25, 0.3) is 0 Å². The second-order valence-corrected chi connectivity index (χ2v) is 7.01. The fraction of sp³-hybridized carbons (Fsp3) is 0.167. The van der Waals surface area contributed by atoms with Crippen LogP contribution in [0.4, 0.5) is 0 Å². The molecule has 3 aromatic rings. The second-order valence-electron chi connectivity index (χ2n) is 7.01. The van der Waals surface area contributed by atoms with E-state index in [0.29, 0.717) is 0 Å². The lowest BCUT2D eigenvalue weighted by molar-refractivity contribution is -0.157. The van der Waals surface area contributed by atoms with E-state index in [9.17, 15) is 24.6 Å². The van der Waals surface area contributed by atoms with Gasteiger partial charge in [0.2, 0.25) is 0 Å². The van der Waals surface area contributed by atoms with E-state index in [1.165, 1.54) is 25.1 Å². The normalized spacial score (nSPS) is 18.7. The fourth-order valence-corrected chi connectivity index (χ4v) is 3.13. The molecule has 0 fully saturated rings. The summed E-state index contributed by atoms with van der Waals surface area (Å²) in [5, 5.41) is 27.9. The molecular weight excluding hydrogens is 454 g/mol. The molecule has 0 saturated carbocycles. The molecule has 1 aliphatic carbocycles. The number of aliphatic carboxylic acids is 2. The zero-order chi connectivity index (χ0) is 25.7. The molecule has 11 nitrogen and oxygen atoms in total. The number of hydrogen-bond acceptors (Lipinski definition) is 7. The van der Waals surface area contributed by atoms with Crippen molar-refractivity contribution < 1.29 is 29.3 Å². The van der Waals surface area contributed by atoms with Gasteiger partial charge in [-0.3, -0.25) is 9.59 Å². The quantitative estimate of drug-likeness (QED) is 0.401. The van der Waals surface area contributed by atoms with Gasteiger partial charge in [0.1, 0.15) is 11.5 Å². The Labute approximate surface area is 200 Å². The number of nitrogens with zero attached hydrogens (tertiary/aromatic N) is 3. The van der Waals surface area contributed by atoms with Gasteiger partial charge in [0, 0.05) is 24.8 Å². The summed E-state index contributed by atoms with van der Waals surface area (Å²) in [5.74, 6) is -4.94. The van der Waals surface area contributed by atoms with Gasteiger partial charge in [0.05, 0.1) is 24.1 Å². The number of nitriles is 1. The number of H-pyrrole nitrogens is 2. The van der Waals surface area contributed by atoms with Crippen molar-refractivity contribution in [3.8, 4) is 6.07 Å². The highest BCUT2D eigenvalue weighted by molar-refractivity contribution is 5.98. The third-order valence-electron chi connectivity index (χ3n) is 4.73. The van der Waals surface area contributed by atoms with Crippen LogP contribution in [-0.4, -0.2) is 54.2 Å². The Hall–Kier alpha value is -4.98. The highest BCUT2D eigenvalue weighted by Crippen LogP contribution is 2.40. The van der Waals surface area contributed by atoms with Gasteiger partial charge in [-0.05, 0) is 18.6 Å². The van der Waals surface area contributed by atoms with Crippen LogP contribution in [0.5, 0.6) is 0 Å².